The monoisotopic (exact) mass is 247 g/mol. The van der Waals surface area contributed by atoms with Crippen LogP contribution in [0.3, 0.4) is 0 Å². The van der Waals surface area contributed by atoms with Gasteiger partial charge in [-0.1, -0.05) is 6.42 Å². The van der Waals surface area contributed by atoms with Gasteiger partial charge in [0.25, 0.3) is 0 Å². The molecule has 1 saturated heterocycles. The van der Waals surface area contributed by atoms with Gasteiger partial charge in [-0.2, -0.15) is 0 Å². The van der Waals surface area contributed by atoms with Gasteiger partial charge in [-0.05, 0) is 43.7 Å². The van der Waals surface area contributed by atoms with Crippen LogP contribution in [0.25, 0.3) is 0 Å². The maximum absolute atomic E-state index is 12.0. The zero-order valence-corrected chi connectivity index (χ0v) is 11.1. The predicted molar refractivity (Wildman–Crippen MR) is 75.0 cm³/mol. The van der Waals surface area contributed by atoms with Crippen molar-refractivity contribution in [2.75, 3.05) is 30.9 Å². The fraction of sp³-hybridized carbons (Fsp3) is 0.500. The smallest absolute Gasteiger partial charge is 0.241 e. The third kappa shape index (κ3) is 3.23. The lowest BCUT2D eigenvalue weighted by Crippen LogP contribution is -2.43. The molecular formula is C14H21N3O. The Balaban J connectivity index is 1.94. The van der Waals surface area contributed by atoms with Gasteiger partial charge in [-0.3, -0.25) is 4.79 Å². The lowest BCUT2D eigenvalue weighted by Gasteiger charge is -2.22. The summed E-state index contributed by atoms with van der Waals surface area (Å²) < 4.78 is 0. The summed E-state index contributed by atoms with van der Waals surface area (Å²) in [5.74, 6) is 0.0762. The molecule has 0 unspecified atom stereocenters. The van der Waals surface area contributed by atoms with Crippen molar-refractivity contribution in [2.45, 2.75) is 25.3 Å². The van der Waals surface area contributed by atoms with Crippen molar-refractivity contribution in [3.63, 3.8) is 0 Å². The van der Waals surface area contributed by atoms with E-state index < -0.39 is 0 Å². The SMILES string of the molecule is CN(C)c1ccc(NC(=O)[C@H]2CCCCN2)cc1. The molecule has 2 N–H and O–H groups in total. The first-order valence-electron chi connectivity index (χ1n) is 6.48. The number of piperidine rings is 1. The molecule has 1 heterocycles. The second kappa shape index (κ2) is 5.87. The summed E-state index contributed by atoms with van der Waals surface area (Å²) in [6.45, 7) is 0.942. The number of benzene rings is 1. The zero-order chi connectivity index (χ0) is 13.0. The zero-order valence-electron chi connectivity index (χ0n) is 11.1. The van der Waals surface area contributed by atoms with Gasteiger partial charge in [-0.15, -0.1) is 0 Å². The van der Waals surface area contributed by atoms with Gasteiger partial charge in [0.15, 0.2) is 0 Å². The molecule has 1 atom stereocenters. The molecule has 1 fully saturated rings. The Morgan fingerprint density at radius 1 is 1.28 bits per heavy atom. The van der Waals surface area contributed by atoms with Gasteiger partial charge in [0.05, 0.1) is 6.04 Å². The number of hydrogen-bond donors (Lipinski definition) is 2. The normalized spacial score (nSPS) is 19.3. The van der Waals surface area contributed by atoms with Crippen molar-refractivity contribution in [3.8, 4) is 0 Å². The lowest BCUT2D eigenvalue weighted by atomic mass is 10.0. The van der Waals surface area contributed by atoms with Crippen LogP contribution < -0.4 is 15.5 Å². The van der Waals surface area contributed by atoms with Crippen LogP contribution in [-0.2, 0) is 4.79 Å². The van der Waals surface area contributed by atoms with Crippen LogP contribution in [0.1, 0.15) is 19.3 Å². The van der Waals surface area contributed by atoms with Crippen LogP contribution >= 0.6 is 0 Å². The van der Waals surface area contributed by atoms with Gasteiger partial charge in [0.1, 0.15) is 0 Å². The summed E-state index contributed by atoms with van der Waals surface area (Å²) in [5, 5.41) is 6.21. The molecule has 0 aromatic heterocycles. The van der Waals surface area contributed by atoms with E-state index in [1.807, 2.05) is 43.3 Å². The van der Waals surface area contributed by atoms with Crippen molar-refractivity contribution < 1.29 is 4.79 Å². The summed E-state index contributed by atoms with van der Waals surface area (Å²) in [5.41, 5.74) is 1.99. The largest absolute Gasteiger partial charge is 0.378 e. The van der Waals surface area contributed by atoms with Gasteiger partial charge < -0.3 is 15.5 Å². The first-order valence-corrected chi connectivity index (χ1v) is 6.48. The van der Waals surface area contributed by atoms with E-state index in [1.165, 1.54) is 6.42 Å². The maximum Gasteiger partial charge on any atom is 0.241 e. The number of amides is 1. The Morgan fingerprint density at radius 2 is 2.00 bits per heavy atom. The molecule has 4 heteroatoms. The van der Waals surface area contributed by atoms with Crippen molar-refractivity contribution in [2.24, 2.45) is 0 Å². The van der Waals surface area contributed by atoms with Gasteiger partial charge in [0.2, 0.25) is 5.91 Å². The Labute approximate surface area is 108 Å². The fourth-order valence-electron chi connectivity index (χ4n) is 2.15. The highest BCUT2D eigenvalue weighted by Gasteiger charge is 2.20. The Hall–Kier alpha value is -1.55. The molecule has 18 heavy (non-hydrogen) atoms. The van der Waals surface area contributed by atoms with Crippen molar-refractivity contribution >= 4 is 17.3 Å². The van der Waals surface area contributed by atoms with Crippen LogP contribution in [0.5, 0.6) is 0 Å². The average molecular weight is 247 g/mol. The van der Waals surface area contributed by atoms with E-state index in [2.05, 4.69) is 10.6 Å². The second-order valence-electron chi connectivity index (χ2n) is 4.93. The minimum absolute atomic E-state index is 0.0349. The summed E-state index contributed by atoms with van der Waals surface area (Å²) in [4.78, 5) is 14.0. The lowest BCUT2D eigenvalue weighted by molar-refractivity contribution is -0.118. The maximum atomic E-state index is 12.0. The van der Waals surface area contributed by atoms with Crippen molar-refractivity contribution in [1.82, 2.24) is 5.32 Å². The molecule has 1 aromatic rings. The van der Waals surface area contributed by atoms with Crippen LogP contribution in [0.4, 0.5) is 11.4 Å². The minimum atomic E-state index is -0.0349. The fourth-order valence-corrected chi connectivity index (χ4v) is 2.15. The van der Waals surface area contributed by atoms with Gasteiger partial charge in [-0.25, -0.2) is 0 Å². The van der Waals surface area contributed by atoms with Crippen LogP contribution in [0, 0.1) is 0 Å². The standard InChI is InChI=1S/C14H21N3O/c1-17(2)12-8-6-11(7-9-12)16-14(18)13-5-3-4-10-15-13/h6-9,13,15H,3-5,10H2,1-2H3,(H,16,18)/t13-/m1/s1. The molecule has 0 spiro atoms. The molecule has 1 aliphatic rings. The topological polar surface area (TPSA) is 44.4 Å². The quantitative estimate of drug-likeness (QED) is 0.856. The van der Waals surface area contributed by atoms with E-state index >= 15 is 0 Å². The number of anilines is 2. The van der Waals surface area contributed by atoms with Crippen molar-refractivity contribution in [1.29, 1.82) is 0 Å². The highest BCUT2D eigenvalue weighted by Crippen LogP contribution is 2.16. The number of nitrogens with zero attached hydrogens (tertiary/aromatic N) is 1. The second-order valence-corrected chi connectivity index (χ2v) is 4.93. The molecule has 1 aromatic carbocycles. The van der Waals surface area contributed by atoms with E-state index in [9.17, 15) is 4.79 Å². The molecule has 0 radical (unpaired) electrons. The van der Waals surface area contributed by atoms with Crippen molar-refractivity contribution in [3.05, 3.63) is 24.3 Å². The number of carbonyl (C=O) groups excluding carboxylic acids is 1. The third-order valence-electron chi connectivity index (χ3n) is 3.28. The van der Waals surface area contributed by atoms with Gasteiger partial charge >= 0.3 is 0 Å². The van der Waals surface area contributed by atoms with E-state index in [0.29, 0.717) is 0 Å². The number of hydrogen-bond acceptors (Lipinski definition) is 3. The average Bonchev–Trinajstić information content (AvgIpc) is 2.40. The summed E-state index contributed by atoms with van der Waals surface area (Å²) in [7, 11) is 4.00. The molecule has 0 aliphatic carbocycles. The highest BCUT2D eigenvalue weighted by molar-refractivity contribution is 5.95. The molecule has 0 bridgehead atoms. The van der Waals surface area contributed by atoms with Gasteiger partial charge in [0, 0.05) is 25.5 Å². The van der Waals surface area contributed by atoms with E-state index in [1.54, 1.807) is 0 Å². The molecule has 1 aliphatic heterocycles. The number of carbonyl (C=O) groups is 1. The molecule has 98 valence electrons. The molecule has 4 nitrogen and oxygen atoms in total. The Kier molecular flexibility index (Phi) is 4.20. The summed E-state index contributed by atoms with van der Waals surface area (Å²) in [6.07, 6.45) is 3.23. The minimum Gasteiger partial charge on any atom is -0.378 e. The Bertz CT molecular complexity index is 394. The first kappa shape index (κ1) is 12.9. The summed E-state index contributed by atoms with van der Waals surface area (Å²) in [6, 6.07) is 7.85. The predicted octanol–water partition coefficient (Wildman–Crippen LogP) is 1.83. The molecule has 0 saturated carbocycles. The Morgan fingerprint density at radius 3 is 2.56 bits per heavy atom. The molecule has 1 amide bonds. The van der Waals surface area contributed by atoms with Crippen LogP contribution in [-0.4, -0.2) is 32.6 Å². The van der Waals surface area contributed by atoms with E-state index in [-0.39, 0.29) is 11.9 Å². The summed E-state index contributed by atoms with van der Waals surface area (Å²) >= 11 is 0. The number of rotatable bonds is 3. The third-order valence-corrected chi connectivity index (χ3v) is 3.28. The highest BCUT2D eigenvalue weighted by atomic mass is 16.2. The number of nitrogens with one attached hydrogen (secondary N) is 2. The molecular weight excluding hydrogens is 226 g/mol. The first-order chi connectivity index (χ1) is 8.66. The molecule has 2 rings (SSSR count). The van der Waals surface area contributed by atoms with Crippen LogP contribution in [0.15, 0.2) is 24.3 Å². The van der Waals surface area contributed by atoms with E-state index in [4.69, 9.17) is 0 Å². The van der Waals surface area contributed by atoms with Crippen LogP contribution in [0.2, 0.25) is 0 Å². The van der Waals surface area contributed by atoms with E-state index in [0.717, 1.165) is 30.8 Å².